The molecule has 1 atom stereocenters. The molecule has 0 amide bonds. The first kappa shape index (κ1) is 13.8. The van der Waals surface area contributed by atoms with E-state index in [9.17, 15) is 4.39 Å². The van der Waals surface area contributed by atoms with E-state index in [0.29, 0.717) is 18.0 Å². The van der Waals surface area contributed by atoms with Crippen molar-refractivity contribution in [3.8, 4) is 0 Å². The third kappa shape index (κ3) is 4.32. The minimum atomic E-state index is -0.311. The Morgan fingerprint density at radius 3 is 2.94 bits per heavy atom. The van der Waals surface area contributed by atoms with Crippen LogP contribution >= 0.6 is 23.4 Å². The Morgan fingerprint density at radius 1 is 1.50 bits per heavy atom. The molecule has 0 saturated heterocycles. The van der Waals surface area contributed by atoms with Gasteiger partial charge in [-0.05, 0) is 30.5 Å². The van der Waals surface area contributed by atoms with Crippen molar-refractivity contribution in [2.24, 2.45) is 5.92 Å². The molecule has 4 heteroatoms. The smallest absolute Gasteiger partial charge is 0.146 e. The molecule has 1 aromatic rings. The number of thioether (sulfide) groups is 1. The van der Waals surface area contributed by atoms with Crippen molar-refractivity contribution in [1.29, 1.82) is 0 Å². The maximum absolute atomic E-state index is 13.5. The van der Waals surface area contributed by atoms with Gasteiger partial charge in [-0.25, -0.2) is 4.39 Å². The predicted octanol–water partition coefficient (Wildman–Crippen LogP) is 3.57. The molecule has 1 aromatic carbocycles. The van der Waals surface area contributed by atoms with E-state index in [1.165, 1.54) is 0 Å². The zero-order valence-electron chi connectivity index (χ0n) is 9.59. The zero-order chi connectivity index (χ0) is 12.0. The fourth-order valence-electron chi connectivity index (χ4n) is 1.48. The second-order valence-electron chi connectivity index (χ2n) is 3.90. The van der Waals surface area contributed by atoms with E-state index < -0.39 is 0 Å². The summed E-state index contributed by atoms with van der Waals surface area (Å²) in [6, 6.07) is 5.10. The summed E-state index contributed by atoms with van der Waals surface area (Å²) in [4.78, 5) is 0. The highest BCUT2D eigenvalue weighted by atomic mass is 35.5. The van der Waals surface area contributed by atoms with Crippen LogP contribution in [0.25, 0.3) is 0 Å². The van der Waals surface area contributed by atoms with Crippen molar-refractivity contribution >= 4 is 23.4 Å². The quantitative estimate of drug-likeness (QED) is 0.840. The Kier molecular flexibility index (Phi) is 6.17. The van der Waals surface area contributed by atoms with E-state index in [2.05, 4.69) is 18.5 Å². The molecule has 1 N–H and O–H groups in total. The largest absolute Gasteiger partial charge is 0.312 e. The average Bonchev–Trinajstić information content (AvgIpc) is 2.25. The van der Waals surface area contributed by atoms with E-state index >= 15 is 0 Å². The molecule has 0 heterocycles. The maximum atomic E-state index is 13.5. The lowest BCUT2D eigenvalue weighted by Crippen LogP contribution is -2.22. The Bertz CT molecular complexity index is 333. The average molecular weight is 262 g/mol. The first-order valence-electron chi connectivity index (χ1n) is 5.27. The molecule has 0 radical (unpaired) electrons. The van der Waals surface area contributed by atoms with Crippen molar-refractivity contribution in [3.05, 3.63) is 34.6 Å². The van der Waals surface area contributed by atoms with Crippen molar-refractivity contribution in [2.45, 2.75) is 13.5 Å². The van der Waals surface area contributed by atoms with Crippen LogP contribution in [0.1, 0.15) is 12.5 Å². The Labute approximate surface area is 106 Å². The van der Waals surface area contributed by atoms with E-state index in [4.69, 9.17) is 11.6 Å². The van der Waals surface area contributed by atoms with Gasteiger partial charge in [-0.15, -0.1) is 0 Å². The van der Waals surface area contributed by atoms with Crippen LogP contribution in [-0.2, 0) is 6.54 Å². The van der Waals surface area contributed by atoms with E-state index in [0.717, 1.165) is 12.3 Å². The van der Waals surface area contributed by atoms with Crippen molar-refractivity contribution in [1.82, 2.24) is 5.32 Å². The zero-order valence-corrected chi connectivity index (χ0v) is 11.2. The van der Waals surface area contributed by atoms with Crippen LogP contribution in [0.4, 0.5) is 4.39 Å². The fraction of sp³-hybridized carbons (Fsp3) is 0.500. The lowest BCUT2D eigenvalue weighted by atomic mass is 10.2. The van der Waals surface area contributed by atoms with Gasteiger partial charge in [0.1, 0.15) is 5.82 Å². The fourth-order valence-corrected chi connectivity index (χ4v) is 2.36. The van der Waals surface area contributed by atoms with Gasteiger partial charge < -0.3 is 5.32 Å². The van der Waals surface area contributed by atoms with Crippen LogP contribution in [0.15, 0.2) is 18.2 Å². The molecular formula is C12H17ClFNS. The van der Waals surface area contributed by atoms with Crippen LogP contribution in [-0.4, -0.2) is 18.6 Å². The summed E-state index contributed by atoms with van der Waals surface area (Å²) in [5.41, 5.74) is 0.629. The topological polar surface area (TPSA) is 12.0 Å². The van der Waals surface area contributed by atoms with Gasteiger partial charge >= 0.3 is 0 Å². The molecule has 0 aliphatic heterocycles. The molecule has 1 rings (SSSR count). The van der Waals surface area contributed by atoms with E-state index in [1.807, 2.05) is 11.8 Å². The van der Waals surface area contributed by atoms with Gasteiger partial charge in [-0.1, -0.05) is 30.7 Å². The number of nitrogens with one attached hydrogen (secondary N) is 1. The summed E-state index contributed by atoms with van der Waals surface area (Å²) in [5, 5.41) is 3.43. The number of halogens is 2. The van der Waals surface area contributed by atoms with Gasteiger partial charge in [0.05, 0.1) is 5.02 Å². The summed E-state index contributed by atoms with van der Waals surface area (Å²) in [7, 11) is 0. The molecule has 0 aliphatic carbocycles. The summed E-state index contributed by atoms with van der Waals surface area (Å²) >= 11 is 7.53. The molecule has 1 nitrogen and oxygen atoms in total. The van der Waals surface area contributed by atoms with Crippen molar-refractivity contribution in [3.63, 3.8) is 0 Å². The molecule has 0 fully saturated rings. The summed E-state index contributed by atoms with van der Waals surface area (Å²) in [5.74, 6) is 1.40. The molecular weight excluding hydrogens is 245 g/mol. The standard InChI is InChI=1S/C12H17ClFNS/c1-9(8-16-2)6-15-7-10-4-3-5-11(13)12(10)14/h3-5,9,15H,6-8H2,1-2H3. The summed E-state index contributed by atoms with van der Waals surface area (Å²) in [6.07, 6.45) is 2.09. The highest BCUT2D eigenvalue weighted by Crippen LogP contribution is 2.17. The van der Waals surface area contributed by atoms with E-state index in [1.54, 1.807) is 18.2 Å². The monoisotopic (exact) mass is 261 g/mol. The van der Waals surface area contributed by atoms with Gasteiger partial charge in [0.15, 0.2) is 0 Å². The first-order valence-corrected chi connectivity index (χ1v) is 7.05. The third-order valence-corrected chi connectivity index (χ3v) is 3.49. The van der Waals surface area contributed by atoms with Gasteiger partial charge in [0.25, 0.3) is 0 Å². The van der Waals surface area contributed by atoms with Crippen LogP contribution in [0.5, 0.6) is 0 Å². The highest BCUT2D eigenvalue weighted by Gasteiger charge is 2.06. The van der Waals surface area contributed by atoms with Crippen molar-refractivity contribution in [2.75, 3.05) is 18.6 Å². The number of hydrogen-bond donors (Lipinski definition) is 1. The Morgan fingerprint density at radius 2 is 2.25 bits per heavy atom. The molecule has 0 spiro atoms. The second-order valence-corrected chi connectivity index (χ2v) is 5.22. The first-order chi connectivity index (χ1) is 7.65. The van der Waals surface area contributed by atoms with Gasteiger partial charge in [-0.3, -0.25) is 0 Å². The number of benzene rings is 1. The van der Waals surface area contributed by atoms with Crippen LogP contribution in [0, 0.1) is 11.7 Å². The molecule has 1 unspecified atom stereocenters. The second kappa shape index (κ2) is 7.15. The SMILES string of the molecule is CSCC(C)CNCc1cccc(Cl)c1F. The molecule has 16 heavy (non-hydrogen) atoms. The normalized spacial score (nSPS) is 12.8. The van der Waals surface area contributed by atoms with E-state index in [-0.39, 0.29) is 10.8 Å². The number of rotatable bonds is 6. The third-order valence-electron chi connectivity index (χ3n) is 2.29. The molecule has 0 aliphatic rings. The maximum Gasteiger partial charge on any atom is 0.146 e. The highest BCUT2D eigenvalue weighted by molar-refractivity contribution is 7.98. The lowest BCUT2D eigenvalue weighted by molar-refractivity contribution is 0.540. The van der Waals surface area contributed by atoms with Gasteiger partial charge in [0.2, 0.25) is 0 Å². The summed E-state index contributed by atoms with van der Waals surface area (Å²) in [6.45, 7) is 3.61. The lowest BCUT2D eigenvalue weighted by Gasteiger charge is -2.11. The summed E-state index contributed by atoms with van der Waals surface area (Å²) < 4.78 is 13.5. The minimum Gasteiger partial charge on any atom is -0.312 e. The Balaban J connectivity index is 2.40. The molecule has 0 bridgehead atoms. The molecule has 0 saturated carbocycles. The predicted molar refractivity (Wildman–Crippen MR) is 70.7 cm³/mol. The van der Waals surface area contributed by atoms with Crippen LogP contribution in [0.2, 0.25) is 5.02 Å². The van der Waals surface area contributed by atoms with Crippen LogP contribution < -0.4 is 5.32 Å². The van der Waals surface area contributed by atoms with Gasteiger partial charge in [0, 0.05) is 12.1 Å². The van der Waals surface area contributed by atoms with Crippen molar-refractivity contribution < 1.29 is 4.39 Å². The van der Waals surface area contributed by atoms with Crippen LogP contribution in [0.3, 0.4) is 0 Å². The molecule has 90 valence electrons. The number of hydrogen-bond acceptors (Lipinski definition) is 2. The Hall–Kier alpha value is -0.250. The van der Waals surface area contributed by atoms with Gasteiger partial charge in [-0.2, -0.15) is 11.8 Å². The molecule has 0 aromatic heterocycles. The minimum absolute atomic E-state index is 0.191.